The number of carbonyl (C=O) groups is 2. The lowest BCUT2D eigenvalue weighted by atomic mass is 10.1. The summed E-state index contributed by atoms with van der Waals surface area (Å²) in [7, 11) is 0. The van der Waals surface area contributed by atoms with E-state index < -0.39 is 0 Å². The fourth-order valence-electron chi connectivity index (χ4n) is 4.92. The van der Waals surface area contributed by atoms with E-state index in [1.807, 2.05) is 41.3 Å². The summed E-state index contributed by atoms with van der Waals surface area (Å²) in [6, 6.07) is 11.9. The number of piperazine rings is 1. The Morgan fingerprint density at radius 1 is 1.00 bits per heavy atom. The van der Waals surface area contributed by atoms with Crippen LogP contribution in [0.25, 0.3) is 0 Å². The van der Waals surface area contributed by atoms with Crippen LogP contribution < -0.4 is 10.2 Å². The first-order valence-electron chi connectivity index (χ1n) is 13.9. The molecular formula is C28H34N8O3S. The Hall–Kier alpha value is -3.48. The molecular weight excluding hydrogens is 528 g/mol. The van der Waals surface area contributed by atoms with Crippen molar-refractivity contribution in [3.05, 3.63) is 48.2 Å². The highest BCUT2D eigenvalue weighted by atomic mass is 32.2. The summed E-state index contributed by atoms with van der Waals surface area (Å²) in [6.45, 7) is 6.13. The Bertz CT molecular complexity index is 1300. The van der Waals surface area contributed by atoms with Crippen molar-refractivity contribution in [2.45, 2.75) is 29.3 Å². The molecule has 1 amide bonds. The topological polar surface area (TPSA) is 120 Å². The van der Waals surface area contributed by atoms with Gasteiger partial charge in [-0.2, -0.15) is 5.10 Å². The summed E-state index contributed by atoms with van der Waals surface area (Å²) in [4.78, 5) is 41.9. The molecule has 2 aliphatic heterocycles. The molecule has 2 aromatic heterocycles. The molecule has 2 N–H and O–H groups in total. The maximum atomic E-state index is 12.7. The smallest absolute Gasteiger partial charge is 0.236 e. The maximum absolute atomic E-state index is 12.7. The van der Waals surface area contributed by atoms with Crippen LogP contribution in [0, 0.1) is 5.92 Å². The minimum absolute atomic E-state index is 0.173. The molecule has 12 heteroatoms. The average Bonchev–Trinajstić information content (AvgIpc) is 3.72. The number of morpholine rings is 1. The van der Waals surface area contributed by atoms with Gasteiger partial charge in [-0.3, -0.25) is 19.6 Å². The van der Waals surface area contributed by atoms with Crippen LogP contribution in [0.4, 0.5) is 17.5 Å². The monoisotopic (exact) mass is 562 g/mol. The molecule has 0 atom stereocenters. The Morgan fingerprint density at radius 2 is 1.77 bits per heavy atom. The van der Waals surface area contributed by atoms with E-state index in [9.17, 15) is 9.59 Å². The number of hydrogen-bond donors (Lipinski definition) is 2. The molecule has 210 valence electrons. The predicted molar refractivity (Wildman–Crippen MR) is 152 cm³/mol. The van der Waals surface area contributed by atoms with Crippen molar-refractivity contribution in [1.29, 1.82) is 0 Å². The van der Waals surface area contributed by atoms with Gasteiger partial charge in [0.2, 0.25) is 5.91 Å². The van der Waals surface area contributed by atoms with Gasteiger partial charge in [-0.15, -0.1) is 0 Å². The van der Waals surface area contributed by atoms with E-state index in [2.05, 4.69) is 25.3 Å². The van der Waals surface area contributed by atoms with E-state index in [1.54, 1.807) is 6.20 Å². The van der Waals surface area contributed by atoms with Crippen molar-refractivity contribution < 1.29 is 14.3 Å². The summed E-state index contributed by atoms with van der Waals surface area (Å²) in [5, 5.41) is 10.9. The largest absolute Gasteiger partial charge is 0.378 e. The summed E-state index contributed by atoms with van der Waals surface area (Å²) in [5.74, 6) is 3.05. The molecule has 6 rings (SSSR count). The second-order valence-electron chi connectivity index (χ2n) is 10.4. The lowest BCUT2D eigenvalue weighted by molar-refractivity contribution is -0.136. The van der Waals surface area contributed by atoms with E-state index in [4.69, 9.17) is 14.7 Å². The number of rotatable bonds is 10. The molecule has 3 aromatic rings. The molecule has 2 saturated heterocycles. The van der Waals surface area contributed by atoms with E-state index in [1.165, 1.54) is 11.8 Å². The van der Waals surface area contributed by atoms with Crippen LogP contribution in [0.1, 0.15) is 18.4 Å². The van der Waals surface area contributed by atoms with E-state index in [0.29, 0.717) is 56.0 Å². The zero-order chi connectivity index (χ0) is 27.3. The first-order valence-corrected chi connectivity index (χ1v) is 14.7. The Labute approximate surface area is 237 Å². The molecule has 0 bridgehead atoms. The van der Waals surface area contributed by atoms with Crippen molar-refractivity contribution in [3.8, 4) is 0 Å². The van der Waals surface area contributed by atoms with E-state index in [0.717, 1.165) is 61.1 Å². The van der Waals surface area contributed by atoms with Gasteiger partial charge < -0.3 is 19.9 Å². The summed E-state index contributed by atoms with van der Waals surface area (Å²) in [5.41, 5.74) is 1.04. The number of nitrogens with zero attached hydrogens (tertiary/aromatic N) is 6. The van der Waals surface area contributed by atoms with Gasteiger partial charge >= 0.3 is 0 Å². The Balaban J connectivity index is 1.12. The number of aromatic amines is 1. The van der Waals surface area contributed by atoms with Crippen LogP contribution in [0.5, 0.6) is 0 Å². The quantitative estimate of drug-likeness (QED) is 0.357. The van der Waals surface area contributed by atoms with Crippen LogP contribution in [0.2, 0.25) is 0 Å². The minimum Gasteiger partial charge on any atom is -0.378 e. The summed E-state index contributed by atoms with van der Waals surface area (Å²) in [6.07, 6.45) is 4.27. The SMILES string of the molecule is O=C(Cc1ccc(Sc2nc(Nc3ccn[nH]3)cc(N3CCN(CC(=O)N4CCOCC4)CC3)n2)cc1)C1CC1. The molecule has 11 nitrogen and oxygen atoms in total. The normalized spacial score (nSPS) is 18.1. The Kier molecular flexibility index (Phi) is 8.26. The number of hydrogen-bond acceptors (Lipinski definition) is 10. The third-order valence-electron chi connectivity index (χ3n) is 7.42. The number of ketones is 1. The predicted octanol–water partition coefficient (Wildman–Crippen LogP) is 2.60. The molecule has 0 spiro atoms. The molecule has 1 aromatic carbocycles. The van der Waals surface area contributed by atoms with Gasteiger partial charge in [0, 0.05) is 68.6 Å². The maximum Gasteiger partial charge on any atom is 0.236 e. The molecule has 0 unspecified atom stereocenters. The van der Waals surface area contributed by atoms with Crippen LogP contribution in [-0.2, 0) is 20.7 Å². The molecule has 40 heavy (non-hydrogen) atoms. The Morgan fingerprint density at radius 3 is 2.48 bits per heavy atom. The zero-order valence-corrected chi connectivity index (χ0v) is 23.2. The first-order chi connectivity index (χ1) is 19.6. The van der Waals surface area contributed by atoms with Gasteiger partial charge in [0.15, 0.2) is 5.16 Å². The van der Waals surface area contributed by atoms with Crippen molar-refractivity contribution >= 4 is 40.9 Å². The lowest BCUT2D eigenvalue weighted by Crippen LogP contribution is -2.51. The fraction of sp³-hybridized carbons (Fsp3) is 0.464. The van der Waals surface area contributed by atoms with Crippen molar-refractivity contribution in [3.63, 3.8) is 0 Å². The van der Waals surface area contributed by atoms with E-state index in [-0.39, 0.29) is 11.8 Å². The third kappa shape index (κ3) is 6.98. The van der Waals surface area contributed by atoms with E-state index >= 15 is 0 Å². The van der Waals surface area contributed by atoms with Gasteiger partial charge in [-0.05, 0) is 42.3 Å². The van der Waals surface area contributed by atoms with Crippen LogP contribution in [0.3, 0.4) is 0 Å². The molecule has 0 radical (unpaired) electrons. The number of aromatic nitrogens is 4. The zero-order valence-electron chi connectivity index (χ0n) is 22.4. The lowest BCUT2D eigenvalue weighted by Gasteiger charge is -2.36. The molecule has 1 aliphatic carbocycles. The number of benzene rings is 1. The van der Waals surface area contributed by atoms with Crippen molar-refractivity contribution in [2.24, 2.45) is 5.92 Å². The standard InChI is InChI=1S/C28H34N8O3S/c37-23(21-3-4-21)17-20-1-5-22(6-2-20)40-28-31-25(30-24-7-8-29-33-24)18-26(32-28)35-11-9-34(10-12-35)19-27(38)36-13-15-39-16-14-36/h1-2,5-8,18,21H,3-4,9-17,19H2,(H2,29,30,31,32,33). The summed E-state index contributed by atoms with van der Waals surface area (Å²) < 4.78 is 5.37. The number of anilines is 3. The van der Waals surface area contributed by atoms with Gasteiger partial charge in [0.25, 0.3) is 0 Å². The molecule has 3 fully saturated rings. The van der Waals surface area contributed by atoms with Gasteiger partial charge in [0.1, 0.15) is 23.2 Å². The fourth-order valence-corrected chi connectivity index (χ4v) is 5.68. The number of Topliss-reactive ketones (excluding diaryl/α,β-unsaturated/α-hetero) is 1. The second kappa shape index (κ2) is 12.4. The number of ether oxygens (including phenoxy) is 1. The first kappa shape index (κ1) is 26.7. The highest BCUT2D eigenvalue weighted by molar-refractivity contribution is 7.99. The van der Waals surface area contributed by atoms with Gasteiger partial charge in [0.05, 0.1) is 26.0 Å². The van der Waals surface area contributed by atoms with Crippen LogP contribution in [-0.4, -0.2) is 101 Å². The van der Waals surface area contributed by atoms with Gasteiger partial charge in [-0.1, -0.05) is 12.1 Å². The van der Waals surface area contributed by atoms with Gasteiger partial charge in [-0.25, -0.2) is 9.97 Å². The molecule has 3 aliphatic rings. The number of H-pyrrole nitrogens is 1. The highest BCUT2D eigenvalue weighted by Crippen LogP contribution is 2.32. The van der Waals surface area contributed by atoms with Crippen LogP contribution >= 0.6 is 11.8 Å². The van der Waals surface area contributed by atoms with Crippen molar-refractivity contribution in [2.75, 3.05) is 69.2 Å². The minimum atomic E-state index is 0.173. The molecule has 4 heterocycles. The average molecular weight is 563 g/mol. The number of carbonyl (C=O) groups excluding carboxylic acids is 2. The van der Waals surface area contributed by atoms with Crippen LogP contribution in [0.15, 0.2) is 52.6 Å². The second-order valence-corrected chi connectivity index (χ2v) is 11.4. The summed E-state index contributed by atoms with van der Waals surface area (Å²) >= 11 is 1.49. The molecule has 1 saturated carbocycles. The van der Waals surface area contributed by atoms with Crippen molar-refractivity contribution in [1.82, 2.24) is 30.0 Å². The third-order valence-corrected chi connectivity index (χ3v) is 8.29. The number of amides is 1. The highest BCUT2D eigenvalue weighted by Gasteiger charge is 2.29. The number of nitrogens with one attached hydrogen (secondary N) is 2.